The smallest absolute Gasteiger partial charge is 0.131 e. The molecule has 3 aromatic rings. The predicted molar refractivity (Wildman–Crippen MR) is 97.9 cm³/mol. The van der Waals surface area contributed by atoms with Crippen LogP contribution >= 0.6 is 0 Å². The average Bonchev–Trinajstić information content (AvgIpc) is 3.16. The van der Waals surface area contributed by atoms with Crippen molar-refractivity contribution in [3.8, 4) is 45.4 Å². The molecule has 0 bridgehead atoms. The van der Waals surface area contributed by atoms with Gasteiger partial charge in [-0.25, -0.2) is 0 Å². The number of ether oxygens (including phenoxy) is 4. The summed E-state index contributed by atoms with van der Waals surface area (Å²) >= 11 is 0. The van der Waals surface area contributed by atoms with E-state index in [0.717, 1.165) is 45.4 Å². The topological polar surface area (TPSA) is 52.7 Å². The molecule has 3 rings (SSSR count). The third kappa shape index (κ3) is 3.13. The van der Waals surface area contributed by atoms with E-state index in [2.05, 4.69) is 4.98 Å². The molecule has 5 heteroatoms. The summed E-state index contributed by atoms with van der Waals surface area (Å²) in [5.41, 5.74) is 3.88. The van der Waals surface area contributed by atoms with Crippen molar-refractivity contribution in [1.29, 1.82) is 0 Å². The molecule has 0 aliphatic heterocycles. The minimum absolute atomic E-state index is 0.732. The molecular formula is C20H21NO4. The lowest BCUT2D eigenvalue weighted by atomic mass is 10.00. The largest absolute Gasteiger partial charge is 0.497 e. The summed E-state index contributed by atoms with van der Waals surface area (Å²) in [6, 6.07) is 13.5. The monoisotopic (exact) mass is 339 g/mol. The summed E-state index contributed by atoms with van der Waals surface area (Å²) in [6.07, 6.45) is 1.90. The first-order chi connectivity index (χ1) is 12.2. The first kappa shape index (κ1) is 16.8. The van der Waals surface area contributed by atoms with E-state index >= 15 is 0 Å². The zero-order valence-corrected chi connectivity index (χ0v) is 14.8. The van der Waals surface area contributed by atoms with Crippen LogP contribution in [0.25, 0.3) is 22.4 Å². The highest BCUT2D eigenvalue weighted by Crippen LogP contribution is 2.41. The molecule has 0 saturated heterocycles. The van der Waals surface area contributed by atoms with Gasteiger partial charge in [-0.15, -0.1) is 0 Å². The standard InChI is InChI=1S/C20H21NO4/c1-22-13-5-7-15(18(11-13)24-3)16-9-10-21-20(16)17-8-6-14(23-2)12-19(17)25-4/h5-12,21H,1-4H3. The Kier molecular flexibility index (Phi) is 4.84. The molecule has 0 atom stereocenters. The van der Waals surface area contributed by atoms with E-state index in [1.54, 1.807) is 28.4 Å². The van der Waals surface area contributed by atoms with Crippen molar-refractivity contribution in [2.24, 2.45) is 0 Å². The summed E-state index contributed by atoms with van der Waals surface area (Å²) in [7, 11) is 6.57. The number of methoxy groups -OCH3 is 4. The van der Waals surface area contributed by atoms with Crippen molar-refractivity contribution in [3.05, 3.63) is 48.7 Å². The van der Waals surface area contributed by atoms with Gasteiger partial charge in [0.05, 0.1) is 34.1 Å². The Labute approximate surface area is 147 Å². The number of rotatable bonds is 6. The molecule has 0 saturated carbocycles. The number of hydrogen-bond donors (Lipinski definition) is 1. The lowest BCUT2D eigenvalue weighted by Gasteiger charge is -2.14. The van der Waals surface area contributed by atoms with Gasteiger partial charge in [0.2, 0.25) is 0 Å². The van der Waals surface area contributed by atoms with Gasteiger partial charge in [0.25, 0.3) is 0 Å². The highest BCUT2D eigenvalue weighted by molar-refractivity contribution is 5.87. The van der Waals surface area contributed by atoms with Crippen LogP contribution in [0, 0.1) is 0 Å². The molecule has 0 aliphatic carbocycles. The zero-order chi connectivity index (χ0) is 17.8. The molecule has 0 spiro atoms. The number of aromatic nitrogens is 1. The summed E-state index contributed by atoms with van der Waals surface area (Å²) < 4.78 is 21.7. The van der Waals surface area contributed by atoms with Crippen molar-refractivity contribution in [1.82, 2.24) is 4.98 Å². The van der Waals surface area contributed by atoms with Crippen LogP contribution < -0.4 is 18.9 Å². The molecule has 0 radical (unpaired) electrons. The zero-order valence-electron chi connectivity index (χ0n) is 14.8. The SMILES string of the molecule is COc1ccc(-c2cc[nH]c2-c2ccc(OC)cc2OC)c(OC)c1. The minimum Gasteiger partial charge on any atom is -0.497 e. The number of aromatic amines is 1. The third-order valence-corrected chi connectivity index (χ3v) is 4.12. The Morgan fingerprint density at radius 3 is 1.72 bits per heavy atom. The van der Waals surface area contributed by atoms with Gasteiger partial charge in [-0.2, -0.15) is 0 Å². The maximum Gasteiger partial charge on any atom is 0.131 e. The van der Waals surface area contributed by atoms with E-state index in [1.165, 1.54) is 0 Å². The van der Waals surface area contributed by atoms with Gasteiger partial charge < -0.3 is 23.9 Å². The fourth-order valence-electron chi connectivity index (χ4n) is 2.84. The molecule has 1 heterocycles. The van der Waals surface area contributed by atoms with Gasteiger partial charge in [0.15, 0.2) is 0 Å². The molecule has 130 valence electrons. The Balaban J connectivity index is 2.14. The Morgan fingerprint density at radius 2 is 1.16 bits per heavy atom. The van der Waals surface area contributed by atoms with Crippen molar-refractivity contribution < 1.29 is 18.9 Å². The summed E-state index contributed by atoms with van der Waals surface area (Å²) in [5, 5.41) is 0. The second kappa shape index (κ2) is 7.21. The summed E-state index contributed by atoms with van der Waals surface area (Å²) in [5.74, 6) is 2.97. The van der Waals surface area contributed by atoms with Gasteiger partial charge >= 0.3 is 0 Å². The van der Waals surface area contributed by atoms with E-state index in [1.807, 2.05) is 48.7 Å². The van der Waals surface area contributed by atoms with E-state index in [-0.39, 0.29) is 0 Å². The maximum absolute atomic E-state index is 5.55. The third-order valence-electron chi connectivity index (χ3n) is 4.12. The van der Waals surface area contributed by atoms with Gasteiger partial charge in [-0.3, -0.25) is 0 Å². The first-order valence-electron chi connectivity index (χ1n) is 7.84. The van der Waals surface area contributed by atoms with Crippen molar-refractivity contribution in [2.75, 3.05) is 28.4 Å². The van der Waals surface area contributed by atoms with Crippen molar-refractivity contribution in [3.63, 3.8) is 0 Å². The van der Waals surface area contributed by atoms with Crippen LogP contribution in [0.2, 0.25) is 0 Å². The maximum atomic E-state index is 5.55. The molecule has 1 aromatic heterocycles. The van der Waals surface area contributed by atoms with Crippen molar-refractivity contribution >= 4 is 0 Å². The fraction of sp³-hybridized carbons (Fsp3) is 0.200. The minimum atomic E-state index is 0.732. The quantitative estimate of drug-likeness (QED) is 0.724. The Hall–Kier alpha value is -3.08. The van der Waals surface area contributed by atoms with Gasteiger partial charge in [0.1, 0.15) is 23.0 Å². The Bertz CT molecular complexity index is 800. The molecule has 2 aromatic carbocycles. The molecule has 5 nitrogen and oxygen atoms in total. The van der Waals surface area contributed by atoms with Crippen LogP contribution in [0.3, 0.4) is 0 Å². The second-order valence-corrected chi connectivity index (χ2v) is 5.40. The lowest BCUT2D eigenvalue weighted by molar-refractivity contribution is 0.395. The van der Waals surface area contributed by atoms with E-state index < -0.39 is 0 Å². The van der Waals surface area contributed by atoms with Crippen LogP contribution in [0.4, 0.5) is 0 Å². The van der Waals surface area contributed by atoms with E-state index in [0.29, 0.717) is 0 Å². The van der Waals surface area contributed by atoms with Gasteiger partial charge in [-0.1, -0.05) is 0 Å². The Morgan fingerprint density at radius 1 is 0.600 bits per heavy atom. The summed E-state index contributed by atoms with van der Waals surface area (Å²) in [6.45, 7) is 0. The molecule has 0 fully saturated rings. The number of nitrogens with one attached hydrogen (secondary N) is 1. The second-order valence-electron chi connectivity index (χ2n) is 5.40. The first-order valence-corrected chi connectivity index (χ1v) is 7.84. The average molecular weight is 339 g/mol. The van der Waals surface area contributed by atoms with Crippen LogP contribution in [-0.4, -0.2) is 33.4 Å². The fourth-order valence-corrected chi connectivity index (χ4v) is 2.84. The van der Waals surface area contributed by atoms with Crippen LogP contribution in [0.5, 0.6) is 23.0 Å². The van der Waals surface area contributed by atoms with Crippen LogP contribution in [0.15, 0.2) is 48.7 Å². The van der Waals surface area contributed by atoms with E-state index in [4.69, 9.17) is 18.9 Å². The van der Waals surface area contributed by atoms with Gasteiger partial charge in [-0.05, 0) is 30.3 Å². The predicted octanol–water partition coefficient (Wildman–Crippen LogP) is 4.38. The van der Waals surface area contributed by atoms with Crippen molar-refractivity contribution in [2.45, 2.75) is 0 Å². The highest BCUT2D eigenvalue weighted by Gasteiger charge is 2.17. The molecule has 1 N–H and O–H groups in total. The normalized spacial score (nSPS) is 10.4. The molecule has 0 unspecified atom stereocenters. The molecular weight excluding hydrogens is 318 g/mol. The number of hydrogen-bond acceptors (Lipinski definition) is 4. The highest BCUT2D eigenvalue weighted by atomic mass is 16.5. The van der Waals surface area contributed by atoms with E-state index in [9.17, 15) is 0 Å². The van der Waals surface area contributed by atoms with Crippen LogP contribution in [-0.2, 0) is 0 Å². The number of H-pyrrole nitrogens is 1. The number of benzene rings is 2. The lowest BCUT2D eigenvalue weighted by Crippen LogP contribution is -1.93. The summed E-state index contributed by atoms with van der Waals surface area (Å²) in [4.78, 5) is 3.31. The van der Waals surface area contributed by atoms with Crippen LogP contribution in [0.1, 0.15) is 0 Å². The molecule has 0 amide bonds. The molecule has 25 heavy (non-hydrogen) atoms. The molecule has 0 aliphatic rings. The van der Waals surface area contributed by atoms with Gasteiger partial charge in [0, 0.05) is 35.0 Å².